The average Bonchev–Trinajstić information content (AvgIpc) is 3.72. The lowest BCUT2D eigenvalue weighted by molar-refractivity contribution is 0.276. The van der Waals surface area contributed by atoms with Crippen LogP contribution in [-0.2, 0) is 6.54 Å². The molecule has 0 aliphatic carbocycles. The van der Waals surface area contributed by atoms with Crippen LogP contribution in [-0.4, -0.2) is 49.5 Å². The first-order valence-corrected chi connectivity index (χ1v) is 13.6. The zero-order chi connectivity index (χ0) is 29.1. The Morgan fingerprint density at radius 1 is 0.738 bits per heavy atom. The highest BCUT2D eigenvalue weighted by molar-refractivity contribution is 5.83. The van der Waals surface area contributed by atoms with E-state index in [0.717, 1.165) is 55.9 Å². The number of fused-ring (bicyclic) bond motifs is 3. The van der Waals surface area contributed by atoms with E-state index in [1.165, 1.54) is 0 Å². The number of nitrogens with one attached hydrogen (secondary N) is 1. The number of nitrogens with zero attached hydrogens (tertiary/aromatic N) is 4. The van der Waals surface area contributed by atoms with Gasteiger partial charge in [-0.05, 0) is 67.6 Å². The molecule has 0 fully saturated rings. The van der Waals surface area contributed by atoms with Crippen molar-refractivity contribution < 1.29 is 19.0 Å². The van der Waals surface area contributed by atoms with Gasteiger partial charge in [0.15, 0.2) is 11.2 Å². The maximum Gasteiger partial charge on any atom is 0.227 e. The molecule has 10 nitrogen and oxygen atoms in total. The summed E-state index contributed by atoms with van der Waals surface area (Å²) < 4.78 is 13.5. The van der Waals surface area contributed by atoms with E-state index in [0.29, 0.717) is 30.6 Å². The van der Waals surface area contributed by atoms with Crippen molar-refractivity contribution in [2.45, 2.75) is 13.5 Å². The van der Waals surface area contributed by atoms with Crippen molar-refractivity contribution in [3.05, 3.63) is 90.8 Å². The molecule has 0 aliphatic rings. The summed E-state index contributed by atoms with van der Waals surface area (Å²) in [6.07, 6.45) is 0. The summed E-state index contributed by atoms with van der Waals surface area (Å²) >= 11 is 0. The van der Waals surface area contributed by atoms with E-state index in [-0.39, 0.29) is 13.2 Å². The highest BCUT2D eigenvalue weighted by Gasteiger charge is 2.12. The van der Waals surface area contributed by atoms with Gasteiger partial charge in [-0.25, -0.2) is 15.0 Å². The molecule has 3 heterocycles. The molecule has 7 aromatic rings. The zero-order valence-electron chi connectivity index (χ0n) is 23.0. The molecule has 5 N–H and O–H groups in total. The molecule has 0 bridgehead atoms. The fourth-order valence-corrected chi connectivity index (χ4v) is 4.80. The molecule has 0 spiro atoms. The predicted molar refractivity (Wildman–Crippen MR) is 164 cm³/mol. The van der Waals surface area contributed by atoms with Crippen LogP contribution in [0.15, 0.2) is 93.8 Å². The topological polar surface area (TPSA) is 148 Å². The molecule has 0 amide bonds. The predicted octanol–water partition coefficient (Wildman–Crippen LogP) is 5.63. The number of benzene rings is 4. The number of aryl methyl sites for hydroxylation is 1. The van der Waals surface area contributed by atoms with Gasteiger partial charge in [-0.3, -0.25) is 0 Å². The first-order valence-electron chi connectivity index (χ1n) is 13.6. The number of aliphatic hydroxyl groups excluding tert-OH is 2. The molecule has 42 heavy (non-hydrogen) atoms. The summed E-state index contributed by atoms with van der Waals surface area (Å²) in [6.45, 7) is 3.11. The highest BCUT2D eigenvalue weighted by Crippen LogP contribution is 2.29. The molecule has 0 aliphatic heterocycles. The molecule has 3 aromatic heterocycles. The van der Waals surface area contributed by atoms with Crippen LogP contribution in [0.25, 0.3) is 56.1 Å². The number of nitrogen functional groups attached to an aromatic ring is 1. The van der Waals surface area contributed by atoms with Crippen LogP contribution >= 0.6 is 0 Å². The molecule has 0 atom stereocenters. The van der Waals surface area contributed by atoms with Gasteiger partial charge in [0, 0.05) is 24.2 Å². The van der Waals surface area contributed by atoms with Crippen LogP contribution < -0.4 is 11.1 Å². The van der Waals surface area contributed by atoms with E-state index < -0.39 is 0 Å². The summed E-state index contributed by atoms with van der Waals surface area (Å²) in [5.41, 5.74) is 14.2. The number of imidazole rings is 1. The summed E-state index contributed by atoms with van der Waals surface area (Å²) in [6, 6.07) is 26.8. The number of hydrogen-bond donors (Lipinski definition) is 4. The van der Waals surface area contributed by atoms with Crippen LogP contribution in [0, 0.1) is 6.92 Å². The fourth-order valence-electron chi connectivity index (χ4n) is 4.80. The van der Waals surface area contributed by atoms with Crippen molar-refractivity contribution in [1.29, 1.82) is 0 Å². The lowest BCUT2D eigenvalue weighted by Gasteiger charge is -2.08. The van der Waals surface area contributed by atoms with E-state index in [1.807, 2.05) is 96.4 Å². The summed E-state index contributed by atoms with van der Waals surface area (Å²) in [7, 11) is 0. The molecule has 4 aromatic carbocycles. The Hall–Kier alpha value is -5.19. The Morgan fingerprint density at radius 2 is 1.36 bits per heavy atom. The van der Waals surface area contributed by atoms with Crippen molar-refractivity contribution in [2.24, 2.45) is 0 Å². The van der Waals surface area contributed by atoms with Gasteiger partial charge >= 0.3 is 0 Å². The molecule has 7 rings (SSSR count). The van der Waals surface area contributed by atoms with Crippen molar-refractivity contribution >= 4 is 44.6 Å². The number of rotatable bonds is 7. The number of oxazole rings is 2. The van der Waals surface area contributed by atoms with Crippen LogP contribution in [0.5, 0.6) is 0 Å². The van der Waals surface area contributed by atoms with E-state index >= 15 is 0 Å². The molecule has 0 unspecified atom stereocenters. The minimum Gasteiger partial charge on any atom is -0.436 e. The van der Waals surface area contributed by atoms with Gasteiger partial charge in [0.05, 0.1) is 35.6 Å². The third kappa shape index (κ3) is 5.40. The number of para-hydroxylation sites is 4. The Balaban J connectivity index is 0.000000151. The minimum absolute atomic E-state index is 0.0618. The Kier molecular flexibility index (Phi) is 7.54. The van der Waals surface area contributed by atoms with Gasteiger partial charge in [-0.15, -0.1) is 0 Å². The molecular weight excluding hydrogens is 532 g/mol. The highest BCUT2D eigenvalue weighted by atomic mass is 16.4. The van der Waals surface area contributed by atoms with Gasteiger partial charge in [0.25, 0.3) is 0 Å². The maximum absolute atomic E-state index is 9.16. The van der Waals surface area contributed by atoms with Crippen LogP contribution in [0.2, 0.25) is 0 Å². The molecule has 0 saturated carbocycles. The summed E-state index contributed by atoms with van der Waals surface area (Å²) in [5.74, 6) is 2.03. The minimum atomic E-state index is 0.0618. The second kappa shape index (κ2) is 11.7. The second-order valence-electron chi connectivity index (χ2n) is 9.66. The van der Waals surface area contributed by atoms with Crippen molar-refractivity contribution in [3.63, 3.8) is 0 Å². The quantitative estimate of drug-likeness (QED) is 0.181. The molecular formula is C32H30N6O4. The van der Waals surface area contributed by atoms with E-state index in [1.54, 1.807) is 0 Å². The third-order valence-corrected chi connectivity index (χ3v) is 6.82. The van der Waals surface area contributed by atoms with Gasteiger partial charge in [0.1, 0.15) is 16.9 Å². The van der Waals surface area contributed by atoms with Crippen LogP contribution in [0.3, 0.4) is 0 Å². The van der Waals surface area contributed by atoms with E-state index in [4.69, 9.17) is 24.8 Å². The number of aromatic nitrogens is 4. The molecule has 0 saturated heterocycles. The number of anilines is 2. The third-order valence-electron chi connectivity index (χ3n) is 6.82. The summed E-state index contributed by atoms with van der Waals surface area (Å²) in [5, 5.41) is 21.0. The molecule has 10 heteroatoms. The molecule has 0 radical (unpaired) electrons. The smallest absolute Gasteiger partial charge is 0.227 e. The molecule has 212 valence electrons. The maximum atomic E-state index is 9.16. The normalized spacial score (nSPS) is 11.2. The monoisotopic (exact) mass is 562 g/mol. The first-order chi connectivity index (χ1) is 20.5. The first kappa shape index (κ1) is 27.0. The van der Waals surface area contributed by atoms with Gasteiger partial charge in [-0.2, -0.15) is 0 Å². The lowest BCUT2D eigenvalue weighted by atomic mass is 10.1. The zero-order valence-corrected chi connectivity index (χ0v) is 23.0. The van der Waals surface area contributed by atoms with Gasteiger partial charge in [0.2, 0.25) is 11.8 Å². The van der Waals surface area contributed by atoms with Crippen molar-refractivity contribution in [1.82, 2.24) is 19.5 Å². The van der Waals surface area contributed by atoms with Gasteiger partial charge < -0.3 is 34.7 Å². The Labute approximate surface area is 241 Å². The largest absolute Gasteiger partial charge is 0.436 e. The standard InChI is InChI=1S/C17H15N3O2.C15H15N3O2/c1-11-18-14-10-12(6-7-15(14)20(11)8-9-21)17-19-13-4-2-3-5-16(13)22-17;16-11-9-10(5-6-12(11)17-7-8-19)15-18-13-3-1-2-4-14(13)20-15/h2-7,10,21H,8-9H2,1H3;1-6,9,17,19H,7-8,16H2. The fraction of sp³-hybridized carbons (Fsp3) is 0.156. The number of hydrogen-bond acceptors (Lipinski definition) is 9. The van der Waals surface area contributed by atoms with Gasteiger partial charge in [-0.1, -0.05) is 24.3 Å². The van der Waals surface area contributed by atoms with Crippen molar-refractivity contribution in [3.8, 4) is 22.9 Å². The second-order valence-corrected chi connectivity index (χ2v) is 9.66. The Bertz CT molecular complexity index is 1920. The lowest BCUT2D eigenvalue weighted by Crippen LogP contribution is -2.07. The Morgan fingerprint density at radius 3 is 1.95 bits per heavy atom. The van der Waals surface area contributed by atoms with Crippen molar-refractivity contribution in [2.75, 3.05) is 30.8 Å². The summed E-state index contributed by atoms with van der Waals surface area (Å²) in [4.78, 5) is 13.5. The SMILES string of the molecule is Cc1nc2cc(-c3nc4ccccc4o3)ccc2n1CCO.Nc1cc(-c2nc3ccccc3o2)ccc1NCCO. The average molecular weight is 563 g/mol. The number of nitrogens with two attached hydrogens (primary N) is 1. The van der Waals surface area contributed by atoms with Crippen LogP contribution in [0.4, 0.5) is 11.4 Å². The number of aliphatic hydroxyl groups is 2. The van der Waals surface area contributed by atoms with E-state index in [9.17, 15) is 0 Å². The van der Waals surface area contributed by atoms with E-state index in [2.05, 4.69) is 20.3 Å². The van der Waals surface area contributed by atoms with Crippen LogP contribution in [0.1, 0.15) is 5.82 Å².